The van der Waals surface area contributed by atoms with Crippen molar-refractivity contribution in [1.82, 2.24) is 9.78 Å². The summed E-state index contributed by atoms with van der Waals surface area (Å²) in [5.74, 6) is 7.08. The highest BCUT2D eigenvalue weighted by Gasteiger charge is 1.97. The van der Waals surface area contributed by atoms with Gasteiger partial charge in [-0.1, -0.05) is 25.7 Å². The van der Waals surface area contributed by atoms with E-state index >= 15 is 0 Å². The van der Waals surface area contributed by atoms with Gasteiger partial charge in [-0.2, -0.15) is 17.7 Å². The molecule has 2 nitrogen and oxygen atoms in total. The van der Waals surface area contributed by atoms with E-state index in [0.717, 1.165) is 12.1 Å². The number of hydrogen-bond donors (Lipinski definition) is 1. The van der Waals surface area contributed by atoms with E-state index in [1.165, 1.54) is 0 Å². The van der Waals surface area contributed by atoms with Crippen LogP contribution in [-0.4, -0.2) is 15.5 Å². The molecule has 0 bridgehead atoms. The van der Waals surface area contributed by atoms with Gasteiger partial charge in [0.05, 0.1) is 17.5 Å². The zero-order valence-corrected chi connectivity index (χ0v) is 8.88. The molecule has 0 fully saturated rings. The SMILES string of the molecule is CC(C)Cn1cc(C#CCS)cn1. The highest BCUT2D eigenvalue weighted by Crippen LogP contribution is 2.00. The van der Waals surface area contributed by atoms with Crippen LogP contribution >= 0.6 is 12.6 Å². The van der Waals surface area contributed by atoms with Crippen LogP contribution in [0.3, 0.4) is 0 Å². The van der Waals surface area contributed by atoms with Gasteiger partial charge in [-0.3, -0.25) is 4.68 Å². The third kappa shape index (κ3) is 3.56. The fourth-order valence-corrected chi connectivity index (χ4v) is 1.12. The van der Waals surface area contributed by atoms with Crippen LogP contribution in [0, 0.1) is 17.8 Å². The molecule has 13 heavy (non-hydrogen) atoms. The first-order valence-corrected chi connectivity index (χ1v) is 4.98. The lowest BCUT2D eigenvalue weighted by molar-refractivity contribution is 0.483. The Hall–Kier alpha value is -0.880. The maximum Gasteiger partial charge on any atom is 0.0646 e. The molecule has 0 amide bonds. The lowest BCUT2D eigenvalue weighted by atomic mass is 10.2. The Morgan fingerprint density at radius 2 is 2.38 bits per heavy atom. The highest BCUT2D eigenvalue weighted by atomic mass is 32.1. The van der Waals surface area contributed by atoms with Crippen molar-refractivity contribution in [3.63, 3.8) is 0 Å². The molecule has 0 N–H and O–H groups in total. The summed E-state index contributed by atoms with van der Waals surface area (Å²) in [4.78, 5) is 0. The van der Waals surface area contributed by atoms with E-state index in [9.17, 15) is 0 Å². The molecule has 0 aliphatic carbocycles. The standard InChI is InChI=1S/C10H14N2S/c1-9(2)7-12-8-10(6-11-12)4-3-5-13/h6,8-9,13H,5,7H2,1-2H3. The molecule has 70 valence electrons. The highest BCUT2D eigenvalue weighted by molar-refractivity contribution is 7.80. The molecule has 0 radical (unpaired) electrons. The van der Waals surface area contributed by atoms with Crippen LogP contribution in [-0.2, 0) is 6.54 Å². The molecule has 0 saturated heterocycles. The third-order valence-corrected chi connectivity index (χ3v) is 1.66. The van der Waals surface area contributed by atoms with Crippen molar-refractivity contribution < 1.29 is 0 Å². The second-order valence-corrected chi connectivity index (χ2v) is 3.62. The van der Waals surface area contributed by atoms with Crippen molar-refractivity contribution >= 4 is 12.6 Å². The Bertz CT molecular complexity index is 317. The Morgan fingerprint density at radius 1 is 1.62 bits per heavy atom. The third-order valence-electron chi connectivity index (χ3n) is 1.50. The van der Waals surface area contributed by atoms with E-state index in [0.29, 0.717) is 11.7 Å². The monoisotopic (exact) mass is 194 g/mol. The Kier molecular flexibility index (Phi) is 3.91. The predicted octanol–water partition coefficient (Wildman–Crippen LogP) is 1.82. The van der Waals surface area contributed by atoms with Gasteiger partial charge in [0.2, 0.25) is 0 Å². The maximum absolute atomic E-state index is 4.20. The van der Waals surface area contributed by atoms with Crippen molar-refractivity contribution in [2.75, 3.05) is 5.75 Å². The minimum absolute atomic E-state index is 0.593. The molecule has 3 heteroatoms. The molecule has 1 heterocycles. The summed E-state index contributed by atoms with van der Waals surface area (Å²) in [6, 6.07) is 0. The number of hydrogen-bond acceptors (Lipinski definition) is 2. The van der Waals surface area contributed by atoms with Crippen LogP contribution < -0.4 is 0 Å². The molecule has 0 atom stereocenters. The van der Waals surface area contributed by atoms with E-state index in [1.54, 1.807) is 6.20 Å². The first-order chi connectivity index (χ1) is 6.22. The molecule has 0 aliphatic rings. The van der Waals surface area contributed by atoms with Crippen molar-refractivity contribution in [1.29, 1.82) is 0 Å². The van der Waals surface area contributed by atoms with E-state index in [2.05, 4.69) is 43.4 Å². The maximum atomic E-state index is 4.20. The van der Waals surface area contributed by atoms with Gasteiger partial charge in [0, 0.05) is 12.7 Å². The predicted molar refractivity (Wildman–Crippen MR) is 57.8 cm³/mol. The number of aromatic nitrogens is 2. The summed E-state index contributed by atoms with van der Waals surface area (Å²) in [7, 11) is 0. The van der Waals surface area contributed by atoms with Crippen LogP contribution in [0.5, 0.6) is 0 Å². The molecule has 1 aromatic heterocycles. The first-order valence-electron chi connectivity index (χ1n) is 4.34. The van der Waals surface area contributed by atoms with Gasteiger partial charge in [-0.05, 0) is 5.92 Å². The molecule has 0 unspecified atom stereocenters. The van der Waals surface area contributed by atoms with Crippen molar-refractivity contribution in [3.05, 3.63) is 18.0 Å². The van der Waals surface area contributed by atoms with E-state index in [1.807, 2.05) is 10.9 Å². The van der Waals surface area contributed by atoms with Gasteiger partial charge >= 0.3 is 0 Å². The van der Waals surface area contributed by atoms with Crippen LogP contribution in [0.1, 0.15) is 19.4 Å². The van der Waals surface area contributed by atoms with Crippen molar-refractivity contribution in [3.8, 4) is 11.8 Å². The Morgan fingerprint density at radius 3 is 3.00 bits per heavy atom. The minimum Gasteiger partial charge on any atom is -0.271 e. The summed E-state index contributed by atoms with van der Waals surface area (Å²) in [6.07, 6.45) is 3.76. The van der Waals surface area contributed by atoms with E-state index < -0.39 is 0 Å². The molecule has 0 aliphatic heterocycles. The van der Waals surface area contributed by atoms with E-state index in [4.69, 9.17) is 0 Å². The first kappa shape index (κ1) is 10.2. The van der Waals surface area contributed by atoms with Gasteiger partial charge in [-0.15, -0.1) is 0 Å². The molecule has 0 spiro atoms. The zero-order chi connectivity index (χ0) is 9.68. The fourth-order valence-electron chi connectivity index (χ4n) is 1.04. The fraction of sp³-hybridized carbons (Fsp3) is 0.500. The number of rotatable bonds is 2. The zero-order valence-electron chi connectivity index (χ0n) is 7.99. The van der Waals surface area contributed by atoms with Crippen molar-refractivity contribution in [2.24, 2.45) is 5.92 Å². The lowest BCUT2D eigenvalue weighted by Crippen LogP contribution is -2.03. The van der Waals surface area contributed by atoms with Gasteiger partial charge < -0.3 is 0 Å². The van der Waals surface area contributed by atoms with Crippen LogP contribution in [0.4, 0.5) is 0 Å². The second-order valence-electron chi connectivity index (χ2n) is 3.30. The van der Waals surface area contributed by atoms with Crippen molar-refractivity contribution in [2.45, 2.75) is 20.4 Å². The van der Waals surface area contributed by atoms with Crippen LogP contribution in [0.2, 0.25) is 0 Å². The average Bonchev–Trinajstić information content (AvgIpc) is 2.48. The van der Waals surface area contributed by atoms with Gasteiger partial charge in [-0.25, -0.2) is 0 Å². The topological polar surface area (TPSA) is 17.8 Å². The normalized spacial score (nSPS) is 9.85. The molecule has 1 rings (SSSR count). The average molecular weight is 194 g/mol. The van der Waals surface area contributed by atoms with Gasteiger partial charge in [0.15, 0.2) is 0 Å². The lowest BCUT2D eigenvalue weighted by Gasteiger charge is -2.02. The quantitative estimate of drug-likeness (QED) is 0.561. The second kappa shape index (κ2) is 4.98. The minimum atomic E-state index is 0.593. The smallest absolute Gasteiger partial charge is 0.0646 e. The van der Waals surface area contributed by atoms with E-state index in [-0.39, 0.29) is 0 Å². The summed E-state index contributed by atoms with van der Waals surface area (Å²) in [5, 5.41) is 4.20. The summed E-state index contributed by atoms with van der Waals surface area (Å²) < 4.78 is 1.92. The molecular formula is C10H14N2S. The summed E-state index contributed by atoms with van der Waals surface area (Å²) in [5.41, 5.74) is 0.967. The Labute approximate surface area is 84.7 Å². The summed E-state index contributed by atoms with van der Waals surface area (Å²) in [6.45, 7) is 5.28. The van der Waals surface area contributed by atoms with Crippen LogP contribution in [0.25, 0.3) is 0 Å². The molecular weight excluding hydrogens is 180 g/mol. The van der Waals surface area contributed by atoms with Gasteiger partial charge in [0.1, 0.15) is 0 Å². The number of nitrogens with zero attached hydrogens (tertiary/aromatic N) is 2. The summed E-state index contributed by atoms with van der Waals surface area (Å²) >= 11 is 4.01. The molecule has 1 aromatic rings. The molecule has 0 aromatic carbocycles. The molecule has 0 saturated carbocycles. The number of thiol groups is 1. The van der Waals surface area contributed by atoms with Gasteiger partial charge in [0.25, 0.3) is 0 Å². The Balaban J connectivity index is 2.63. The largest absolute Gasteiger partial charge is 0.271 e. The van der Waals surface area contributed by atoms with Crippen LogP contribution in [0.15, 0.2) is 12.4 Å².